The maximum atomic E-state index is 10.9. The first-order chi connectivity index (χ1) is 6.30. The molecular formula is C8H14N2O4. The second-order valence-corrected chi connectivity index (χ2v) is 3.22. The lowest BCUT2D eigenvalue weighted by Gasteiger charge is -2.13. The third-order valence-corrected chi connectivity index (χ3v) is 1.96. The van der Waals surface area contributed by atoms with E-state index >= 15 is 0 Å². The minimum atomic E-state index is -0.958. The van der Waals surface area contributed by atoms with Crippen LogP contribution in [0.3, 0.4) is 0 Å². The Morgan fingerprint density at radius 1 is 1.57 bits per heavy atom. The molecule has 6 nitrogen and oxygen atoms in total. The highest BCUT2D eigenvalue weighted by molar-refractivity contribution is 6.05. The molecular weight excluding hydrogens is 188 g/mol. The standard InChI is InChI=1S/C6H10N2O2.C2H4O2/c1-6(4(7)9)2-3-8-5(6)10;1-2(3)4/h2-3H2,1H3,(H2,7,9)(H,8,10);1H3,(H,3,4). The monoisotopic (exact) mass is 202 g/mol. The highest BCUT2D eigenvalue weighted by Gasteiger charge is 2.42. The summed E-state index contributed by atoms with van der Waals surface area (Å²) in [7, 11) is 0. The largest absolute Gasteiger partial charge is 0.481 e. The number of carboxylic acids is 1. The molecule has 0 spiro atoms. The van der Waals surface area contributed by atoms with Crippen molar-refractivity contribution in [3.63, 3.8) is 0 Å². The number of rotatable bonds is 1. The van der Waals surface area contributed by atoms with Gasteiger partial charge in [0.2, 0.25) is 11.8 Å². The number of nitrogens with two attached hydrogens (primary N) is 1. The number of hydrogen-bond acceptors (Lipinski definition) is 3. The smallest absolute Gasteiger partial charge is 0.300 e. The number of primary amides is 1. The fourth-order valence-electron chi connectivity index (χ4n) is 0.970. The number of carbonyl (C=O) groups is 3. The molecule has 0 aromatic rings. The Hall–Kier alpha value is -1.59. The predicted octanol–water partition coefficient (Wildman–Crippen LogP) is -0.911. The molecule has 2 amide bonds. The summed E-state index contributed by atoms with van der Waals surface area (Å²) in [4.78, 5) is 30.6. The SMILES string of the molecule is CC(=O)O.CC1(C(N)=O)CCNC1=O. The molecule has 1 rings (SSSR count). The zero-order valence-corrected chi connectivity index (χ0v) is 8.16. The Kier molecular flexibility index (Phi) is 4.07. The average Bonchev–Trinajstić information content (AvgIpc) is 2.32. The van der Waals surface area contributed by atoms with E-state index in [0.717, 1.165) is 6.92 Å². The van der Waals surface area contributed by atoms with E-state index in [2.05, 4.69) is 5.32 Å². The van der Waals surface area contributed by atoms with Crippen LogP contribution in [0.25, 0.3) is 0 Å². The molecule has 1 unspecified atom stereocenters. The van der Waals surface area contributed by atoms with Crippen LogP contribution in [-0.4, -0.2) is 29.4 Å². The van der Waals surface area contributed by atoms with E-state index in [1.807, 2.05) is 0 Å². The lowest BCUT2D eigenvalue weighted by atomic mass is 9.88. The molecule has 80 valence electrons. The van der Waals surface area contributed by atoms with Crippen molar-refractivity contribution in [2.24, 2.45) is 11.1 Å². The van der Waals surface area contributed by atoms with Crippen molar-refractivity contribution >= 4 is 17.8 Å². The normalized spacial score (nSPS) is 24.6. The number of carboxylic acid groups (broad SMARTS) is 1. The van der Waals surface area contributed by atoms with Gasteiger partial charge >= 0.3 is 0 Å². The van der Waals surface area contributed by atoms with E-state index in [9.17, 15) is 9.59 Å². The van der Waals surface area contributed by atoms with Gasteiger partial charge in [0, 0.05) is 13.5 Å². The molecule has 0 radical (unpaired) electrons. The lowest BCUT2D eigenvalue weighted by Crippen LogP contribution is -2.40. The quantitative estimate of drug-likeness (QED) is 0.478. The Labute approximate surface area is 81.5 Å². The van der Waals surface area contributed by atoms with Gasteiger partial charge in [-0.25, -0.2) is 0 Å². The van der Waals surface area contributed by atoms with Crippen molar-refractivity contribution in [1.29, 1.82) is 0 Å². The van der Waals surface area contributed by atoms with Crippen LogP contribution in [0.2, 0.25) is 0 Å². The predicted molar refractivity (Wildman–Crippen MR) is 48.2 cm³/mol. The Balaban J connectivity index is 0.000000364. The van der Waals surface area contributed by atoms with Gasteiger partial charge in [-0.3, -0.25) is 14.4 Å². The third-order valence-electron chi connectivity index (χ3n) is 1.96. The van der Waals surface area contributed by atoms with Gasteiger partial charge < -0.3 is 16.2 Å². The molecule has 14 heavy (non-hydrogen) atoms. The van der Waals surface area contributed by atoms with E-state index in [1.54, 1.807) is 6.92 Å². The zero-order valence-electron chi connectivity index (χ0n) is 8.16. The molecule has 1 aliphatic heterocycles. The second kappa shape index (κ2) is 4.59. The minimum Gasteiger partial charge on any atom is -0.481 e. The van der Waals surface area contributed by atoms with Gasteiger partial charge in [0.05, 0.1) is 0 Å². The molecule has 0 aromatic carbocycles. The molecule has 0 saturated carbocycles. The van der Waals surface area contributed by atoms with Crippen LogP contribution >= 0.6 is 0 Å². The number of nitrogens with one attached hydrogen (secondary N) is 1. The van der Waals surface area contributed by atoms with Crippen LogP contribution in [0, 0.1) is 5.41 Å². The van der Waals surface area contributed by atoms with Crippen molar-refractivity contribution in [3.05, 3.63) is 0 Å². The fraction of sp³-hybridized carbons (Fsp3) is 0.625. The summed E-state index contributed by atoms with van der Waals surface area (Å²) >= 11 is 0. The summed E-state index contributed by atoms with van der Waals surface area (Å²) in [6, 6.07) is 0. The molecule has 0 bridgehead atoms. The van der Waals surface area contributed by atoms with E-state index in [1.165, 1.54) is 0 Å². The van der Waals surface area contributed by atoms with Gasteiger partial charge in [0.15, 0.2) is 0 Å². The molecule has 1 heterocycles. The number of hydrogen-bond donors (Lipinski definition) is 3. The van der Waals surface area contributed by atoms with E-state index in [-0.39, 0.29) is 5.91 Å². The maximum absolute atomic E-state index is 10.9. The first kappa shape index (κ1) is 12.4. The van der Waals surface area contributed by atoms with Crippen molar-refractivity contribution in [2.45, 2.75) is 20.3 Å². The number of carbonyl (C=O) groups excluding carboxylic acids is 2. The van der Waals surface area contributed by atoms with Crippen LogP contribution < -0.4 is 11.1 Å². The summed E-state index contributed by atoms with van der Waals surface area (Å²) in [6.07, 6.45) is 0.515. The summed E-state index contributed by atoms with van der Waals surface area (Å²) in [5, 5.41) is 9.97. The Morgan fingerprint density at radius 2 is 2.00 bits per heavy atom. The van der Waals surface area contributed by atoms with E-state index < -0.39 is 17.3 Å². The van der Waals surface area contributed by atoms with Crippen LogP contribution in [-0.2, 0) is 14.4 Å². The molecule has 0 aromatic heterocycles. The molecule has 4 N–H and O–H groups in total. The summed E-state index contributed by atoms with van der Waals surface area (Å²) < 4.78 is 0. The molecule has 1 fully saturated rings. The second-order valence-electron chi connectivity index (χ2n) is 3.22. The van der Waals surface area contributed by atoms with Gasteiger partial charge in [0.1, 0.15) is 5.41 Å². The van der Waals surface area contributed by atoms with Gasteiger partial charge in [-0.15, -0.1) is 0 Å². The zero-order chi connectivity index (χ0) is 11.4. The van der Waals surface area contributed by atoms with Crippen LogP contribution in [0.15, 0.2) is 0 Å². The summed E-state index contributed by atoms with van der Waals surface area (Å²) in [6.45, 7) is 3.20. The van der Waals surface area contributed by atoms with Crippen LogP contribution in [0.5, 0.6) is 0 Å². The highest BCUT2D eigenvalue weighted by atomic mass is 16.4. The molecule has 0 aliphatic carbocycles. The Bertz CT molecular complexity index is 260. The van der Waals surface area contributed by atoms with Gasteiger partial charge in [0.25, 0.3) is 5.97 Å². The minimum absolute atomic E-state index is 0.250. The first-order valence-corrected chi connectivity index (χ1v) is 4.08. The molecule has 1 saturated heterocycles. The van der Waals surface area contributed by atoms with Crippen molar-refractivity contribution in [1.82, 2.24) is 5.32 Å². The molecule has 6 heteroatoms. The van der Waals surface area contributed by atoms with Gasteiger partial charge in [-0.2, -0.15) is 0 Å². The van der Waals surface area contributed by atoms with Crippen molar-refractivity contribution in [2.75, 3.05) is 6.54 Å². The fourth-order valence-corrected chi connectivity index (χ4v) is 0.970. The van der Waals surface area contributed by atoms with Crippen LogP contribution in [0.1, 0.15) is 20.3 Å². The van der Waals surface area contributed by atoms with Gasteiger partial charge in [-0.1, -0.05) is 0 Å². The third kappa shape index (κ3) is 3.04. The lowest BCUT2D eigenvalue weighted by molar-refractivity contribution is -0.138. The van der Waals surface area contributed by atoms with E-state index in [4.69, 9.17) is 15.6 Å². The van der Waals surface area contributed by atoms with E-state index in [0.29, 0.717) is 13.0 Å². The van der Waals surface area contributed by atoms with Gasteiger partial charge in [-0.05, 0) is 13.3 Å². The topological polar surface area (TPSA) is 109 Å². The first-order valence-electron chi connectivity index (χ1n) is 4.08. The molecule has 1 aliphatic rings. The van der Waals surface area contributed by atoms with Crippen molar-refractivity contribution < 1.29 is 19.5 Å². The highest BCUT2D eigenvalue weighted by Crippen LogP contribution is 2.24. The van der Waals surface area contributed by atoms with Crippen molar-refractivity contribution in [3.8, 4) is 0 Å². The maximum Gasteiger partial charge on any atom is 0.300 e. The average molecular weight is 202 g/mol. The summed E-state index contributed by atoms with van der Waals surface area (Å²) in [5.74, 6) is -1.62. The molecule has 1 atom stereocenters. The number of amides is 2. The number of aliphatic carboxylic acids is 1. The Morgan fingerprint density at radius 3 is 2.14 bits per heavy atom. The summed E-state index contributed by atoms with van der Waals surface area (Å²) in [5.41, 5.74) is 4.06. The van der Waals surface area contributed by atoms with Crippen LogP contribution in [0.4, 0.5) is 0 Å².